The first-order valence-corrected chi connectivity index (χ1v) is 15.2. The van der Waals surface area contributed by atoms with E-state index in [9.17, 15) is 54.2 Å². The van der Waals surface area contributed by atoms with Gasteiger partial charge in [-0.15, -0.1) is 0 Å². The first kappa shape index (κ1) is 36.9. The van der Waals surface area contributed by atoms with Gasteiger partial charge in [0.15, 0.2) is 5.92 Å². The lowest BCUT2D eigenvalue weighted by molar-refractivity contribution is -0.297. The first-order valence-electron chi connectivity index (χ1n) is 15.2. The summed E-state index contributed by atoms with van der Waals surface area (Å²) in [4.78, 5) is 29.6. The molecule has 3 fully saturated rings. The average Bonchev–Trinajstić information content (AvgIpc) is 3.21. The van der Waals surface area contributed by atoms with Crippen molar-refractivity contribution in [3.63, 3.8) is 0 Å². The van der Waals surface area contributed by atoms with Crippen molar-refractivity contribution in [2.75, 3.05) is 57.3 Å². The maximum atomic E-state index is 14.1. The van der Waals surface area contributed by atoms with Crippen molar-refractivity contribution in [3.8, 4) is 0 Å². The van der Waals surface area contributed by atoms with Crippen LogP contribution >= 0.6 is 0 Å². The number of piperazine rings is 1. The smallest absolute Gasteiger partial charge is 0.416 e. The van der Waals surface area contributed by atoms with Crippen molar-refractivity contribution in [2.24, 2.45) is 11.8 Å². The molecule has 266 valence electrons. The number of halogens is 9. The molecule has 8 nitrogen and oxygen atoms in total. The predicted octanol–water partition coefficient (Wildman–Crippen LogP) is 6.24. The topological polar surface area (TPSA) is 76.6 Å². The van der Waals surface area contributed by atoms with Gasteiger partial charge in [0.25, 0.3) is 0 Å². The van der Waals surface area contributed by atoms with Crippen LogP contribution in [0.4, 0.5) is 50.0 Å². The summed E-state index contributed by atoms with van der Waals surface area (Å²) in [6.07, 6.45) is -17.9. The molecule has 1 amide bonds. The molecule has 1 atom stereocenters. The monoisotopic (exact) mass is 690 g/mol. The molecule has 0 radical (unpaired) electrons. The van der Waals surface area contributed by atoms with E-state index >= 15 is 0 Å². The van der Waals surface area contributed by atoms with Gasteiger partial charge in [-0.1, -0.05) is 0 Å². The van der Waals surface area contributed by atoms with Gasteiger partial charge in [0.05, 0.1) is 12.1 Å². The molecular formula is C30H39F9N4O4. The number of carbonyl (C=O) groups is 2. The normalized spacial score (nSPS) is 21.9. The molecule has 47 heavy (non-hydrogen) atoms. The lowest BCUT2D eigenvalue weighted by atomic mass is 9.79. The Morgan fingerprint density at radius 3 is 1.96 bits per heavy atom. The second-order valence-corrected chi connectivity index (χ2v) is 13.6. The van der Waals surface area contributed by atoms with E-state index < -0.39 is 72.1 Å². The molecular weight excluding hydrogens is 651 g/mol. The van der Waals surface area contributed by atoms with Crippen molar-refractivity contribution in [2.45, 2.75) is 76.2 Å². The molecule has 3 aliphatic heterocycles. The number of carboxylic acid groups (broad SMARTS) is 1. The molecule has 3 heterocycles. The zero-order valence-corrected chi connectivity index (χ0v) is 26.2. The summed E-state index contributed by atoms with van der Waals surface area (Å²) < 4.78 is 130. The van der Waals surface area contributed by atoms with Crippen LogP contribution in [-0.2, 0) is 22.3 Å². The van der Waals surface area contributed by atoms with E-state index in [0.29, 0.717) is 13.1 Å². The molecule has 0 saturated carbocycles. The second kappa shape index (κ2) is 13.2. The molecule has 1 N–H and O–H groups in total. The number of nitrogens with zero attached hydrogens (tertiary/aromatic N) is 4. The summed E-state index contributed by atoms with van der Waals surface area (Å²) in [5.41, 5.74) is -2.74. The quantitative estimate of drug-likeness (QED) is 0.280. The average molecular weight is 691 g/mol. The summed E-state index contributed by atoms with van der Waals surface area (Å²) >= 11 is 0. The van der Waals surface area contributed by atoms with Crippen LogP contribution in [0, 0.1) is 11.8 Å². The van der Waals surface area contributed by atoms with Gasteiger partial charge >= 0.3 is 30.6 Å². The van der Waals surface area contributed by atoms with E-state index in [-0.39, 0.29) is 63.4 Å². The summed E-state index contributed by atoms with van der Waals surface area (Å²) in [7, 11) is 0. The second-order valence-electron chi connectivity index (χ2n) is 13.6. The molecule has 1 unspecified atom stereocenters. The molecule has 3 saturated heterocycles. The fraction of sp³-hybridized carbons (Fsp3) is 0.733. The van der Waals surface area contributed by atoms with E-state index in [2.05, 4.69) is 0 Å². The predicted molar refractivity (Wildman–Crippen MR) is 152 cm³/mol. The number of hydrogen-bond acceptors (Lipinski definition) is 6. The third-order valence-electron chi connectivity index (χ3n) is 9.10. The van der Waals surface area contributed by atoms with Crippen LogP contribution in [0.5, 0.6) is 0 Å². The summed E-state index contributed by atoms with van der Waals surface area (Å²) in [5, 5.41) is 9.37. The molecule has 1 aromatic rings. The number of anilines is 1. The molecule has 0 bridgehead atoms. The minimum atomic E-state index is -5.60. The van der Waals surface area contributed by atoms with Crippen molar-refractivity contribution in [1.82, 2.24) is 14.7 Å². The number of amides is 1. The molecule has 4 rings (SSSR count). The molecule has 3 aliphatic rings. The summed E-state index contributed by atoms with van der Waals surface area (Å²) in [6, 6.07) is 3.25. The molecule has 0 aromatic heterocycles. The number of benzene rings is 1. The van der Waals surface area contributed by atoms with E-state index in [4.69, 9.17) is 4.74 Å². The number of ether oxygens (including phenoxy) is 1. The van der Waals surface area contributed by atoms with Gasteiger partial charge in [-0.25, -0.2) is 4.79 Å². The van der Waals surface area contributed by atoms with Crippen LogP contribution in [-0.4, -0.2) is 108 Å². The largest absolute Gasteiger partial charge is 0.465 e. The van der Waals surface area contributed by atoms with Crippen LogP contribution in [0.15, 0.2) is 18.2 Å². The fourth-order valence-corrected chi connectivity index (χ4v) is 7.02. The summed E-state index contributed by atoms with van der Waals surface area (Å²) in [5.74, 6) is -6.00. The van der Waals surface area contributed by atoms with Gasteiger partial charge in [0, 0.05) is 63.6 Å². The lowest BCUT2D eigenvalue weighted by Gasteiger charge is -2.44. The number of esters is 1. The maximum Gasteiger partial charge on any atom is 0.416 e. The number of piperidine rings is 1. The number of alkyl halides is 9. The van der Waals surface area contributed by atoms with Crippen LogP contribution in [0.2, 0.25) is 0 Å². The van der Waals surface area contributed by atoms with Gasteiger partial charge in [-0.2, -0.15) is 39.5 Å². The third kappa shape index (κ3) is 9.15. The van der Waals surface area contributed by atoms with Gasteiger partial charge < -0.3 is 19.6 Å². The zero-order valence-electron chi connectivity index (χ0n) is 26.2. The van der Waals surface area contributed by atoms with E-state index in [1.165, 1.54) is 11.0 Å². The first-order chi connectivity index (χ1) is 21.5. The Kier molecular flexibility index (Phi) is 10.3. The minimum Gasteiger partial charge on any atom is -0.465 e. The highest BCUT2D eigenvalue weighted by atomic mass is 19.4. The van der Waals surface area contributed by atoms with E-state index in [0.717, 1.165) is 17.0 Å². The zero-order chi connectivity index (χ0) is 35.2. The fourth-order valence-electron chi connectivity index (χ4n) is 7.02. The Balaban J connectivity index is 1.60. The third-order valence-corrected chi connectivity index (χ3v) is 9.10. The highest BCUT2D eigenvalue weighted by Gasteiger charge is 2.64. The Bertz CT molecular complexity index is 1270. The molecule has 0 aliphatic carbocycles. The Hall–Kier alpha value is -2.95. The number of carbonyl (C=O) groups excluding carboxylic acids is 1. The Morgan fingerprint density at radius 2 is 1.47 bits per heavy atom. The van der Waals surface area contributed by atoms with Crippen LogP contribution < -0.4 is 4.90 Å². The SMILES string of the molecule is CC(C)(C)OC(=O)CN1CCN(c2cc(CN3CC(C(C(F)(F)F)C(F)(F)F)CC34CCN(C(=O)O)CC4)cc(C(F)(F)F)c2)CC1. The number of rotatable bonds is 6. The van der Waals surface area contributed by atoms with Crippen molar-refractivity contribution in [3.05, 3.63) is 29.3 Å². The van der Waals surface area contributed by atoms with Crippen molar-refractivity contribution >= 4 is 17.7 Å². The molecule has 1 spiro atoms. The Morgan fingerprint density at radius 1 is 0.894 bits per heavy atom. The minimum absolute atomic E-state index is 0.00663. The molecule has 1 aromatic carbocycles. The van der Waals surface area contributed by atoms with E-state index in [1.54, 1.807) is 30.6 Å². The van der Waals surface area contributed by atoms with Crippen molar-refractivity contribution < 1.29 is 58.9 Å². The number of likely N-dealkylation sites (tertiary alicyclic amines) is 2. The highest BCUT2D eigenvalue weighted by Crippen LogP contribution is 2.52. The number of hydrogen-bond donors (Lipinski definition) is 1. The van der Waals surface area contributed by atoms with Gasteiger partial charge in [-0.3, -0.25) is 14.6 Å². The standard InChI is InChI=1S/C30H39F9N4O4/c1-26(2,3)47-23(44)18-40-8-10-41(11-9-40)22-13-19(12-21(14-22)28(31,32)33)16-43-17-20(24(29(34,35)36)30(37,38)39)15-27(43)4-6-42(7-5-27)25(45)46/h12-14,20,24H,4-11,15-18H2,1-3H3,(H,45,46). The Labute approximate surface area is 266 Å². The van der Waals surface area contributed by atoms with Crippen LogP contribution in [0.3, 0.4) is 0 Å². The van der Waals surface area contributed by atoms with Crippen LogP contribution in [0.1, 0.15) is 51.2 Å². The van der Waals surface area contributed by atoms with Gasteiger partial charge in [0.2, 0.25) is 0 Å². The van der Waals surface area contributed by atoms with E-state index in [1.807, 2.05) is 0 Å². The van der Waals surface area contributed by atoms with Gasteiger partial charge in [0.1, 0.15) is 5.60 Å². The highest BCUT2D eigenvalue weighted by molar-refractivity contribution is 5.72. The lowest BCUT2D eigenvalue weighted by Crippen LogP contribution is -2.52. The van der Waals surface area contributed by atoms with Crippen LogP contribution in [0.25, 0.3) is 0 Å². The van der Waals surface area contributed by atoms with Gasteiger partial charge in [-0.05, 0) is 69.7 Å². The molecule has 17 heteroatoms. The van der Waals surface area contributed by atoms with Crippen molar-refractivity contribution in [1.29, 1.82) is 0 Å². The summed E-state index contributed by atoms with van der Waals surface area (Å²) in [6.45, 7) is 5.03. The maximum absolute atomic E-state index is 14.1.